The van der Waals surface area contributed by atoms with E-state index in [0.717, 1.165) is 44.6 Å². The first kappa shape index (κ1) is 51.5. The van der Waals surface area contributed by atoms with Gasteiger partial charge >= 0.3 is 0 Å². The minimum atomic E-state index is -2.31. The van der Waals surface area contributed by atoms with Crippen LogP contribution in [-0.2, 0) is 23.1 Å². The number of hydrogen-bond donors (Lipinski definition) is 2. The molecule has 4 saturated carbocycles. The summed E-state index contributed by atoms with van der Waals surface area (Å²) in [6, 6.07) is 0. The molecule has 0 unspecified atom stereocenters. The smallest absolute Gasteiger partial charge is 0.192 e. The molecule has 2 aliphatic heterocycles. The molecule has 0 spiro atoms. The van der Waals surface area contributed by atoms with Crippen LogP contribution in [0.3, 0.4) is 0 Å². The number of hydrogen-bond acceptors (Lipinski definition) is 9. The number of ether oxygens (including phenoxy) is 3. The van der Waals surface area contributed by atoms with E-state index in [0.29, 0.717) is 18.4 Å². The molecule has 62 heavy (non-hydrogen) atoms. The Balaban J connectivity index is 1.22. The number of rotatable bonds is 19. The standard InChI is InChI=1S/C51H98N2O7Si2/c1-50(2,3)61(7,8)59-47-43(36-53(33-40-27-19-13-20-28-40)34-41-29-21-14-22-30-41)57-44(48(47)60-62(9,10)51(4,5)6)37-56-49-46(55)45(54)42(58-49)35-52(31-38-23-15-11-16-24-38)32-39-25-17-12-18-26-39/h38-49,54-55H,11-37H2,1-10H3/t42-,43-,44-,45-,46+,47-,48-,49+/m1/s1. The lowest BCUT2D eigenvalue weighted by atomic mass is 9.86. The maximum absolute atomic E-state index is 11.6. The lowest BCUT2D eigenvalue weighted by molar-refractivity contribution is -0.187. The van der Waals surface area contributed by atoms with E-state index in [2.05, 4.69) is 77.5 Å². The third-order valence-corrected chi connectivity index (χ3v) is 26.4. The maximum Gasteiger partial charge on any atom is 0.192 e. The van der Waals surface area contributed by atoms with Crippen LogP contribution < -0.4 is 0 Å². The van der Waals surface area contributed by atoms with E-state index >= 15 is 0 Å². The molecule has 6 rings (SSSR count). The lowest BCUT2D eigenvalue weighted by Crippen LogP contribution is -2.55. The minimum absolute atomic E-state index is 0.00473. The highest BCUT2D eigenvalue weighted by Gasteiger charge is 2.55. The zero-order chi connectivity index (χ0) is 44.7. The van der Waals surface area contributed by atoms with E-state index in [1.54, 1.807) is 0 Å². The summed E-state index contributed by atoms with van der Waals surface area (Å²) in [4.78, 5) is 5.36. The Morgan fingerprint density at radius 3 is 1.15 bits per heavy atom. The third-order valence-electron chi connectivity index (χ3n) is 17.5. The molecule has 0 aromatic heterocycles. The first-order valence-electron chi connectivity index (χ1n) is 26.4. The fraction of sp³-hybridized carbons (Fsp3) is 1.00. The van der Waals surface area contributed by atoms with Crippen molar-refractivity contribution in [1.82, 2.24) is 9.80 Å². The molecule has 2 N–H and O–H groups in total. The van der Waals surface area contributed by atoms with Crippen molar-refractivity contribution in [3.8, 4) is 0 Å². The number of nitrogens with zero attached hydrogens (tertiary/aromatic N) is 2. The molecule has 0 aromatic carbocycles. The molecule has 11 heteroatoms. The molecule has 0 radical (unpaired) electrons. The van der Waals surface area contributed by atoms with Gasteiger partial charge in [0, 0.05) is 39.3 Å². The summed E-state index contributed by atoms with van der Waals surface area (Å²) in [6.07, 6.45) is 22.0. The largest absolute Gasteiger partial charge is 0.409 e. The zero-order valence-corrected chi connectivity index (χ0v) is 43.9. The lowest BCUT2D eigenvalue weighted by Gasteiger charge is -2.44. The normalized spacial score (nSPS) is 32.4. The first-order valence-corrected chi connectivity index (χ1v) is 32.2. The third kappa shape index (κ3) is 14.3. The van der Waals surface area contributed by atoms with E-state index in [-0.39, 0.29) is 35.0 Å². The molecule has 0 bridgehead atoms. The van der Waals surface area contributed by atoms with Crippen LogP contribution in [0, 0.1) is 23.7 Å². The topological polar surface area (TPSA) is 93.1 Å². The summed E-state index contributed by atoms with van der Waals surface area (Å²) in [5.41, 5.74) is 0. The highest BCUT2D eigenvalue weighted by atomic mass is 28.4. The highest BCUT2D eigenvalue weighted by Crippen LogP contribution is 2.44. The average Bonchev–Trinajstić information content (AvgIpc) is 3.66. The van der Waals surface area contributed by atoms with Crippen molar-refractivity contribution < 1.29 is 33.3 Å². The van der Waals surface area contributed by atoms with Gasteiger partial charge in [-0.3, -0.25) is 0 Å². The van der Waals surface area contributed by atoms with Gasteiger partial charge < -0.3 is 43.1 Å². The highest BCUT2D eigenvalue weighted by molar-refractivity contribution is 6.74. The van der Waals surface area contributed by atoms with Crippen LogP contribution in [-0.4, -0.2) is 132 Å². The van der Waals surface area contributed by atoms with Crippen molar-refractivity contribution in [1.29, 1.82) is 0 Å². The SMILES string of the molecule is CC(C)(C)[Si](C)(C)O[C@H]1[C@H](O[Si](C)(C)C(C)(C)C)[C@@H](CN(CC2CCCCC2)CC2CCCCC2)O[C@@H]1CO[C@H]1O[C@H](CN(CC2CCCCC2)CC2CCCCC2)[C@@H](O)[C@@H]1O. The molecular formula is C51H98N2O7Si2. The van der Waals surface area contributed by atoms with Gasteiger partial charge in [-0.2, -0.15) is 0 Å². The predicted octanol–water partition coefficient (Wildman–Crippen LogP) is 10.9. The molecule has 362 valence electrons. The van der Waals surface area contributed by atoms with E-state index < -0.39 is 47.3 Å². The molecule has 2 saturated heterocycles. The van der Waals surface area contributed by atoms with Crippen LogP contribution in [0.25, 0.3) is 0 Å². The van der Waals surface area contributed by atoms with E-state index in [9.17, 15) is 10.2 Å². The van der Waals surface area contributed by atoms with Gasteiger partial charge in [0.2, 0.25) is 0 Å². The summed E-state index contributed by atoms with van der Waals surface area (Å²) in [5.74, 6) is 2.90. The van der Waals surface area contributed by atoms with Gasteiger partial charge in [-0.15, -0.1) is 0 Å². The van der Waals surface area contributed by atoms with Gasteiger partial charge in [0.05, 0.1) is 12.7 Å². The van der Waals surface area contributed by atoms with Crippen molar-refractivity contribution in [2.24, 2.45) is 23.7 Å². The summed E-state index contributed by atoms with van der Waals surface area (Å²) in [5, 5.41) is 23.2. The van der Waals surface area contributed by atoms with Crippen LogP contribution in [0.1, 0.15) is 170 Å². The van der Waals surface area contributed by atoms with Crippen molar-refractivity contribution in [2.45, 2.75) is 255 Å². The molecule has 8 atom stereocenters. The Hall–Kier alpha value is 0.0738. The van der Waals surface area contributed by atoms with Crippen molar-refractivity contribution >= 4 is 16.6 Å². The number of aliphatic hydroxyl groups is 2. The van der Waals surface area contributed by atoms with Gasteiger partial charge in [-0.1, -0.05) is 119 Å². The fourth-order valence-electron chi connectivity index (χ4n) is 11.5. The monoisotopic (exact) mass is 907 g/mol. The van der Waals surface area contributed by atoms with E-state index in [1.807, 2.05) is 0 Å². The Morgan fingerprint density at radius 1 is 0.452 bits per heavy atom. The van der Waals surface area contributed by atoms with Crippen molar-refractivity contribution in [2.75, 3.05) is 45.9 Å². The number of aliphatic hydroxyl groups excluding tert-OH is 2. The Morgan fingerprint density at radius 2 is 0.790 bits per heavy atom. The van der Waals surface area contributed by atoms with Crippen molar-refractivity contribution in [3.05, 3.63) is 0 Å². The second kappa shape index (κ2) is 22.9. The summed E-state index contributed by atoms with van der Waals surface area (Å²) in [7, 11) is -4.58. The molecule has 4 aliphatic carbocycles. The van der Waals surface area contributed by atoms with Gasteiger partial charge in [-0.05, 0) is 111 Å². The predicted molar refractivity (Wildman–Crippen MR) is 259 cm³/mol. The first-order chi connectivity index (χ1) is 29.3. The van der Waals surface area contributed by atoms with Crippen molar-refractivity contribution in [3.63, 3.8) is 0 Å². The molecule has 0 aromatic rings. The molecule has 9 nitrogen and oxygen atoms in total. The van der Waals surface area contributed by atoms with Gasteiger partial charge in [0.25, 0.3) is 0 Å². The molecular weight excluding hydrogens is 809 g/mol. The summed E-state index contributed by atoms with van der Waals surface area (Å²) >= 11 is 0. The molecule has 6 aliphatic rings. The molecule has 2 heterocycles. The summed E-state index contributed by atoms with van der Waals surface area (Å²) < 4.78 is 35.6. The fourth-order valence-corrected chi connectivity index (χ4v) is 14.1. The zero-order valence-electron chi connectivity index (χ0n) is 41.9. The Kier molecular flexibility index (Phi) is 19.0. The maximum atomic E-state index is 11.6. The Labute approximate surface area is 383 Å². The van der Waals surface area contributed by atoms with Crippen LogP contribution in [0.15, 0.2) is 0 Å². The van der Waals surface area contributed by atoms with Crippen LogP contribution in [0.2, 0.25) is 36.3 Å². The van der Waals surface area contributed by atoms with Gasteiger partial charge in [-0.25, -0.2) is 0 Å². The van der Waals surface area contributed by atoms with E-state index in [4.69, 9.17) is 23.1 Å². The molecule has 0 amide bonds. The summed E-state index contributed by atoms with van der Waals surface area (Å²) in [6.45, 7) is 29.4. The molecule has 6 fully saturated rings. The Bertz CT molecular complexity index is 1260. The van der Waals surface area contributed by atoms with Crippen LogP contribution in [0.5, 0.6) is 0 Å². The van der Waals surface area contributed by atoms with Crippen LogP contribution >= 0.6 is 0 Å². The quantitative estimate of drug-likeness (QED) is 0.123. The minimum Gasteiger partial charge on any atom is -0.409 e. The average molecular weight is 908 g/mol. The van der Waals surface area contributed by atoms with Gasteiger partial charge in [0.1, 0.15) is 36.6 Å². The van der Waals surface area contributed by atoms with Crippen LogP contribution in [0.4, 0.5) is 0 Å². The second-order valence-corrected chi connectivity index (χ2v) is 34.2. The van der Waals surface area contributed by atoms with E-state index in [1.165, 1.54) is 128 Å². The second-order valence-electron chi connectivity index (χ2n) is 24.7. The van der Waals surface area contributed by atoms with Gasteiger partial charge in [0.15, 0.2) is 22.9 Å².